The topological polar surface area (TPSA) is 169 Å². The molecule has 36 heavy (non-hydrogen) atoms. The summed E-state index contributed by atoms with van der Waals surface area (Å²) in [5.41, 5.74) is 1.77. The van der Waals surface area contributed by atoms with E-state index in [1.54, 1.807) is 6.07 Å². The lowest BCUT2D eigenvalue weighted by Gasteiger charge is -2.57. The van der Waals surface area contributed by atoms with Crippen LogP contribution in [0.25, 0.3) is 0 Å². The summed E-state index contributed by atoms with van der Waals surface area (Å²) < 4.78 is 11.6. The first-order valence-electron chi connectivity index (χ1n) is 12.3. The number of nitrogens with one attached hydrogen (secondary N) is 1. The number of aromatic hydroxyl groups is 1. The van der Waals surface area contributed by atoms with Crippen molar-refractivity contribution in [2.24, 2.45) is 5.92 Å². The normalized spacial score (nSPS) is 42.4. The van der Waals surface area contributed by atoms with Crippen molar-refractivity contribution in [1.82, 2.24) is 10.2 Å². The Balaban J connectivity index is 1.26. The van der Waals surface area contributed by atoms with Gasteiger partial charge in [-0.2, -0.15) is 0 Å². The summed E-state index contributed by atoms with van der Waals surface area (Å²) in [5.74, 6) is -1.33. The standard InChI is InChI=1S/C25H30N2O9/c1-27-7-6-25-11-3-4-12(23(25)36-21-14(28)5-2-10(17(21)25)8-13(11)27)26-16(29)9-15-18(30)19(31)20(32)22(35-15)24(33)34/h2-5,11-13,15,18-20,22-23,28,30-32H,6-9H2,1H3,(H,26,29)(H,33,34)/t11?,12?,13?,15?,18-,19+,20-,22-,23?,25?/m0/s1. The number of nitrogens with zero attached hydrogens (tertiary/aromatic N) is 1. The Bertz CT molecular complexity index is 1140. The fraction of sp³-hybridized carbons (Fsp3) is 0.600. The van der Waals surface area contributed by atoms with Crippen molar-refractivity contribution in [3.05, 3.63) is 35.4 Å². The molecule has 10 atom stereocenters. The van der Waals surface area contributed by atoms with Crippen LogP contribution in [-0.2, 0) is 26.2 Å². The molecule has 1 amide bonds. The van der Waals surface area contributed by atoms with Crippen LogP contribution in [0.2, 0.25) is 0 Å². The first-order valence-corrected chi connectivity index (χ1v) is 12.3. The van der Waals surface area contributed by atoms with Crippen molar-refractivity contribution < 1.29 is 44.6 Å². The number of phenols is 1. The number of hydrogen-bond donors (Lipinski definition) is 6. The minimum absolute atomic E-state index is 0.0738. The van der Waals surface area contributed by atoms with Gasteiger partial charge in [-0.05, 0) is 38.1 Å². The van der Waals surface area contributed by atoms with Gasteiger partial charge in [-0.1, -0.05) is 18.2 Å². The molecule has 194 valence electrons. The highest BCUT2D eigenvalue weighted by Crippen LogP contribution is 2.62. The molecule has 1 aromatic rings. The van der Waals surface area contributed by atoms with Crippen molar-refractivity contribution in [3.8, 4) is 11.5 Å². The van der Waals surface area contributed by atoms with Crippen LogP contribution in [0.4, 0.5) is 0 Å². The number of likely N-dealkylation sites (tertiary alicyclic amines) is 1. The number of carbonyl (C=O) groups is 2. The number of phenolic OH excluding ortho intramolecular Hbond substituents is 1. The van der Waals surface area contributed by atoms with Gasteiger partial charge < -0.3 is 45.2 Å². The Morgan fingerprint density at radius 2 is 1.94 bits per heavy atom. The number of ether oxygens (including phenoxy) is 2. The van der Waals surface area contributed by atoms with Crippen molar-refractivity contribution in [3.63, 3.8) is 0 Å². The maximum atomic E-state index is 13.1. The summed E-state index contributed by atoms with van der Waals surface area (Å²) in [6, 6.07) is 3.34. The molecule has 6 rings (SSSR count). The van der Waals surface area contributed by atoms with Crippen molar-refractivity contribution in [2.75, 3.05) is 13.6 Å². The van der Waals surface area contributed by atoms with E-state index in [1.807, 2.05) is 12.1 Å². The van der Waals surface area contributed by atoms with Crippen LogP contribution in [0.1, 0.15) is 24.0 Å². The van der Waals surface area contributed by atoms with Gasteiger partial charge in [-0.3, -0.25) is 4.79 Å². The molecule has 2 bridgehead atoms. The lowest BCUT2D eigenvalue weighted by molar-refractivity contribution is -0.228. The number of carboxylic acids is 1. The van der Waals surface area contributed by atoms with Crippen LogP contribution >= 0.6 is 0 Å². The third-order valence-electron chi connectivity index (χ3n) is 8.85. The van der Waals surface area contributed by atoms with E-state index in [-0.39, 0.29) is 17.7 Å². The Kier molecular flexibility index (Phi) is 5.36. The molecular weight excluding hydrogens is 472 g/mol. The van der Waals surface area contributed by atoms with Gasteiger partial charge in [-0.25, -0.2) is 4.79 Å². The third-order valence-corrected chi connectivity index (χ3v) is 8.85. The Morgan fingerprint density at radius 1 is 1.17 bits per heavy atom. The summed E-state index contributed by atoms with van der Waals surface area (Å²) in [5, 5.41) is 53.1. The quantitative estimate of drug-likeness (QED) is 0.271. The summed E-state index contributed by atoms with van der Waals surface area (Å²) in [6.07, 6.45) is -3.49. The molecule has 5 aliphatic rings. The molecule has 3 aliphatic heterocycles. The number of likely N-dealkylation sites (N-methyl/N-ethyl adjacent to an activating group) is 1. The maximum Gasteiger partial charge on any atom is 0.335 e. The zero-order chi connectivity index (χ0) is 25.5. The molecule has 0 radical (unpaired) electrons. The second-order valence-electron chi connectivity index (χ2n) is 10.6. The first kappa shape index (κ1) is 23.7. The molecule has 3 heterocycles. The molecule has 2 fully saturated rings. The number of hydrogen-bond acceptors (Lipinski definition) is 9. The lowest BCUT2D eigenvalue weighted by Crippen LogP contribution is -2.67. The SMILES string of the molecule is CN1CCC23c4c5ccc(O)c4OC2C(NC(=O)CC2O[C@H](C(=O)O)[C@@H](O)[C@H](O)[C@H]2O)C=CC3C1C5. The second kappa shape index (κ2) is 8.15. The molecule has 11 heteroatoms. The molecule has 6 N–H and O–H groups in total. The van der Waals surface area contributed by atoms with E-state index in [0.717, 1.165) is 30.5 Å². The summed E-state index contributed by atoms with van der Waals surface area (Å²) in [7, 11) is 2.11. The van der Waals surface area contributed by atoms with E-state index in [4.69, 9.17) is 9.47 Å². The van der Waals surface area contributed by atoms with Gasteiger partial charge >= 0.3 is 5.97 Å². The van der Waals surface area contributed by atoms with E-state index < -0.39 is 66.4 Å². The van der Waals surface area contributed by atoms with Crippen LogP contribution in [0.3, 0.4) is 0 Å². The number of aliphatic carboxylic acids is 1. The number of amides is 1. The van der Waals surface area contributed by atoms with Gasteiger partial charge in [0, 0.05) is 22.9 Å². The van der Waals surface area contributed by atoms with Gasteiger partial charge in [0.15, 0.2) is 17.6 Å². The molecule has 1 aromatic carbocycles. The smallest absolute Gasteiger partial charge is 0.335 e. The molecule has 2 aliphatic carbocycles. The Hall–Kier alpha value is -2.70. The van der Waals surface area contributed by atoms with Crippen LogP contribution in [0, 0.1) is 5.92 Å². The average Bonchev–Trinajstić information content (AvgIpc) is 3.19. The Labute approximate surface area is 206 Å². The van der Waals surface area contributed by atoms with Gasteiger partial charge in [0.2, 0.25) is 5.91 Å². The molecule has 6 unspecified atom stereocenters. The second-order valence-corrected chi connectivity index (χ2v) is 10.6. The van der Waals surface area contributed by atoms with E-state index in [9.17, 15) is 35.1 Å². The summed E-state index contributed by atoms with van der Waals surface area (Å²) in [6.45, 7) is 0.850. The number of carbonyl (C=O) groups excluding carboxylic acids is 1. The zero-order valence-corrected chi connectivity index (χ0v) is 19.7. The van der Waals surface area contributed by atoms with Crippen molar-refractivity contribution >= 4 is 11.9 Å². The zero-order valence-electron chi connectivity index (χ0n) is 19.7. The average molecular weight is 503 g/mol. The number of rotatable bonds is 4. The van der Waals surface area contributed by atoms with E-state index >= 15 is 0 Å². The summed E-state index contributed by atoms with van der Waals surface area (Å²) in [4.78, 5) is 26.8. The van der Waals surface area contributed by atoms with Gasteiger partial charge in [0.05, 0.1) is 18.6 Å². The van der Waals surface area contributed by atoms with Gasteiger partial charge in [-0.15, -0.1) is 0 Å². The molecule has 11 nitrogen and oxygen atoms in total. The number of aliphatic hydroxyl groups excluding tert-OH is 3. The van der Waals surface area contributed by atoms with E-state index in [2.05, 4.69) is 23.3 Å². The predicted molar refractivity (Wildman–Crippen MR) is 122 cm³/mol. The number of benzene rings is 1. The highest BCUT2D eigenvalue weighted by molar-refractivity contribution is 5.78. The van der Waals surface area contributed by atoms with Crippen LogP contribution in [0.15, 0.2) is 24.3 Å². The van der Waals surface area contributed by atoms with Crippen LogP contribution in [0.5, 0.6) is 11.5 Å². The maximum absolute atomic E-state index is 13.1. The first-order chi connectivity index (χ1) is 17.1. The number of piperidine rings is 1. The number of carboxylic acid groups (broad SMARTS) is 1. The minimum atomic E-state index is -1.81. The monoisotopic (exact) mass is 502 g/mol. The minimum Gasteiger partial charge on any atom is -0.504 e. The van der Waals surface area contributed by atoms with Gasteiger partial charge in [0.1, 0.15) is 24.4 Å². The largest absolute Gasteiger partial charge is 0.504 e. The highest BCUT2D eigenvalue weighted by atomic mass is 16.6. The Morgan fingerprint density at radius 3 is 2.69 bits per heavy atom. The molecule has 1 spiro atoms. The molecular formula is C25H30N2O9. The lowest BCUT2D eigenvalue weighted by atomic mass is 9.53. The van der Waals surface area contributed by atoms with E-state index in [0.29, 0.717) is 5.75 Å². The van der Waals surface area contributed by atoms with Crippen molar-refractivity contribution in [1.29, 1.82) is 0 Å². The third kappa shape index (κ3) is 3.16. The molecule has 0 saturated carbocycles. The molecule has 0 aromatic heterocycles. The van der Waals surface area contributed by atoms with Crippen LogP contribution in [-0.4, -0.2) is 105 Å². The fourth-order valence-electron chi connectivity index (χ4n) is 7.14. The van der Waals surface area contributed by atoms with Gasteiger partial charge in [0.25, 0.3) is 0 Å². The molecule has 2 saturated heterocycles. The highest BCUT2D eigenvalue weighted by Gasteiger charge is 2.64. The number of aliphatic hydroxyl groups is 3. The van der Waals surface area contributed by atoms with Crippen LogP contribution < -0.4 is 10.1 Å². The van der Waals surface area contributed by atoms with Crippen molar-refractivity contribution in [2.45, 2.75) is 73.4 Å². The summed E-state index contributed by atoms with van der Waals surface area (Å²) >= 11 is 0. The van der Waals surface area contributed by atoms with E-state index in [1.165, 1.54) is 0 Å². The fourth-order valence-corrected chi connectivity index (χ4v) is 7.14. The predicted octanol–water partition coefficient (Wildman–Crippen LogP) is -1.35.